The van der Waals surface area contributed by atoms with Crippen molar-refractivity contribution in [3.63, 3.8) is 0 Å². The molecule has 1 atom stereocenters. The van der Waals surface area contributed by atoms with Gasteiger partial charge in [0.1, 0.15) is 0 Å². The number of likely N-dealkylation sites (N-methyl/N-ethyl adjacent to an activating group) is 1. The Balaban J connectivity index is 1.90. The van der Waals surface area contributed by atoms with Crippen molar-refractivity contribution in [3.05, 3.63) is 34.0 Å². The van der Waals surface area contributed by atoms with E-state index in [9.17, 15) is 4.79 Å². The molecule has 0 aliphatic carbocycles. The molecule has 0 aliphatic rings. The number of aromatic nitrogens is 3. The smallest absolute Gasteiger partial charge is 0.317 e. The lowest BCUT2D eigenvalue weighted by atomic mass is 10.1. The second kappa shape index (κ2) is 7.40. The van der Waals surface area contributed by atoms with E-state index in [2.05, 4.69) is 22.3 Å². The fraction of sp³-hybridized carbons (Fsp3) is 0.533. The molecule has 0 saturated heterocycles. The number of nitrogens with one attached hydrogen (secondary N) is 1. The fourth-order valence-electron chi connectivity index (χ4n) is 2.31. The molecule has 2 amide bonds. The zero-order valence-electron chi connectivity index (χ0n) is 13.5. The topological polar surface area (TPSA) is 63.1 Å². The maximum Gasteiger partial charge on any atom is 0.317 e. The highest BCUT2D eigenvalue weighted by atomic mass is 32.1. The number of hydrogen-bond acceptors (Lipinski definition) is 4. The van der Waals surface area contributed by atoms with Gasteiger partial charge in [-0.1, -0.05) is 6.92 Å². The van der Waals surface area contributed by atoms with Crippen molar-refractivity contribution in [2.45, 2.75) is 32.7 Å². The zero-order valence-corrected chi connectivity index (χ0v) is 14.4. The van der Waals surface area contributed by atoms with Crippen LogP contribution < -0.4 is 5.32 Å². The predicted octanol–water partition coefficient (Wildman–Crippen LogP) is 2.52. The van der Waals surface area contributed by atoms with E-state index < -0.39 is 0 Å². The Hall–Kier alpha value is -1.89. The first-order valence-corrected chi connectivity index (χ1v) is 8.29. The van der Waals surface area contributed by atoms with Gasteiger partial charge in [0.05, 0.1) is 22.9 Å². The molecule has 0 bridgehead atoms. The van der Waals surface area contributed by atoms with Crippen molar-refractivity contribution in [1.82, 2.24) is 25.0 Å². The summed E-state index contributed by atoms with van der Waals surface area (Å²) in [6.07, 6.45) is 3.41. The Morgan fingerprint density at radius 1 is 1.55 bits per heavy atom. The normalized spacial score (nSPS) is 12.2. The number of carbonyl (C=O) groups is 1. The summed E-state index contributed by atoms with van der Waals surface area (Å²) in [6, 6.07) is 1.86. The van der Waals surface area contributed by atoms with Crippen LogP contribution in [0.5, 0.6) is 0 Å². The Bertz CT molecular complexity index is 621. The molecule has 0 saturated carbocycles. The average molecular weight is 321 g/mol. The van der Waals surface area contributed by atoms with Crippen LogP contribution in [0.25, 0.3) is 0 Å². The van der Waals surface area contributed by atoms with Gasteiger partial charge in [0, 0.05) is 38.1 Å². The van der Waals surface area contributed by atoms with Gasteiger partial charge in [-0.25, -0.2) is 9.78 Å². The first kappa shape index (κ1) is 16.5. The predicted molar refractivity (Wildman–Crippen MR) is 88.0 cm³/mol. The summed E-state index contributed by atoms with van der Waals surface area (Å²) in [5, 5.41) is 7.23. The number of thiazole rings is 1. The van der Waals surface area contributed by atoms with Crippen molar-refractivity contribution in [1.29, 1.82) is 0 Å². The van der Waals surface area contributed by atoms with Gasteiger partial charge in [0.2, 0.25) is 0 Å². The summed E-state index contributed by atoms with van der Waals surface area (Å²) in [5.41, 5.74) is 3.92. The molecule has 0 aromatic carbocycles. The summed E-state index contributed by atoms with van der Waals surface area (Å²) in [7, 11) is 3.71. The summed E-state index contributed by atoms with van der Waals surface area (Å²) in [5.74, 6) is 0. The number of rotatable bonds is 6. The molecular formula is C15H23N5OS. The van der Waals surface area contributed by atoms with E-state index >= 15 is 0 Å². The summed E-state index contributed by atoms with van der Waals surface area (Å²) < 4.78 is 1.80. The quantitative estimate of drug-likeness (QED) is 0.889. The summed E-state index contributed by atoms with van der Waals surface area (Å²) >= 11 is 1.64. The van der Waals surface area contributed by atoms with Crippen molar-refractivity contribution in [2.75, 3.05) is 13.6 Å². The second-order valence-electron chi connectivity index (χ2n) is 5.32. The highest BCUT2D eigenvalue weighted by Crippen LogP contribution is 2.16. The van der Waals surface area contributed by atoms with Gasteiger partial charge in [-0.05, 0) is 19.4 Å². The molecule has 1 N–H and O–H groups in total. The largest absolute Gasteiger partial charge is 0.330 e. The van der Waals surface area contributed by atoms with Crippen LogP contribution in [0.1, 0.15) is 35.7 Å². The molecule has 2 heterocycles. The Kier molecular flexibility index (Phi) is 5.54. The molecule has 22 heavy (non-hydrogen) atoms. The molecule has 0 spiro atoms. The van der Waals surface area contributed by atoms with Crippen LogP contribution in [0.3, 0.4) is 0 Å². The van der Waals surface area contributed by atoms with E-state index in [1.54, 1.807) is 27.1 Å². The third-order valence-corrected chi connectivity index (χ3v) is 4.78. The minimum atomic E-state index is -0.0600. The SMILES string of the molecule is CC[C@@H](NC(=O)N(C)CCc1scnc1C)c1ccnn1C. The fourth-order valence-corrected chi connectivity index (χ4v) is 3.08. The van der Waals surface area contributed by atoms with Gasteiger partial charge in [-0.3, -0.25) is 4.68 Å². The van der Waals surface area contributed by atoms with Crippen molar-refractivity contribution in [2.24, 2.45) is 7.05 Å². The van der Waals surface area contributed by atoms with Gasteiger partial charge in [0.25, 0.3) is 0 Å². The molecule has 2 aromatic heterocycles. The average Bonchev–Trinajstić information content (AvgIpc) is 3.10. The molecule has 0 unspecified atom stereocenters. The monoisotopic (exact) mass is 321 g/mol. The van der Waals surface area contributed by atoms with Crippen LogP contribution in [0.2, 0.25) is 0 Å². The van der Waals surface area contributed by atoms with E-state index in [-0.39, 0.29) is 12.1 Å². The van der Waals surface area contributed by atoms with Crippen LogP contribution in [0.4, 0.5) is 4.79 Å². The van der Waals surface area contributed by atoms with Crippen molar-refractivity contribution < 1.29 is 4.79 Å². The summed E-state index contributed by atoms with van der Waals surface area (Å²) in [4.78, 5) is 19.5. The van der Waals surface area contributed by atoms with Crippen LogP contribution >= 0.6 is 11.3 Å². The maximum absolute atomic E-state index is 12.3. The lowest BCUT2D eigenvalue weighted by Crippen LogP contribution is -2.40. The van der Waals surface area contributed by atoms with E-state index in [1.807, 2.05) is 32.6 Å². The standard InChI is InChI=1S/C15H23N5OS/c1-5-12(13-6-8-17-20(13)4)18-15(21)19(3)9-7-14-11(2)16-10-22-14/h6,8,10,12H,5,7,9H2,1-4H3,(H,18,21)/t12-/m1/s1. The maximum atomic E-state index is 12.3. The molecule has 0 fully saturated rings. The first-order chi connectivity index (χ1) is 10.5. The van der Waals surface area contributed by atoms with Crippen LogP contribution in [0.15, 0.2) is 17.8 Å². The first-order valence-electron chi connectivity index (χ1n) is 7.41. The van der Waals surface area contributed by atoms with Gasteiger partial charge in [-0.2, -0.15) is 5.10 Å². The number of nitrogens with zero attached hydrogens (tertiary/aromatic N) is 4. The second-order valence-corrected chi connectivity index (χ2v) is 6.26. The van der Waals surface area contributed by atoms with Crippen LogP contribution in [-0.2, 0) is 13.5 Å². The number of carbonyl (C=O) groups excluding carboxylic acids is 1. The van der Waals surface area contributed by atoms with Crippen LogP contribution in [-0.4, -0.2) is 39.3 Å². The minimum absolute atomic E-state index is 0.0207. The number of hydrogen-bond donors (Lipinski definition) is 1. The van der Waals surface area contributed by atoms with E-state index in [1.165, 1.54) is 4.88 Å². The molecule has 7 heteroatoms. The Morgan fingerprint density at radius 3 is 2.86 bits per heavy atom. The highest BCUT2D eigenvalue weighted by Gasteiger charge is 2.18. The van der Waals surface area contributed by atoms with E-state index in [0.29, 0.717) is 6.54 Å². The van der Waals surface area contributed by atoms with E-state index in [4.69, 9.17) is 0 Å². The summed E-state index contributed by atoms with van der Waals surface area (Å²) in [6.45, 7) is 4.73. The third kappa shape index (κ3) is 3.85. The van der Waals surface area contributed by atoms with Gasteiger partial charge in [0.15, 0.2) is 0 Å². The van der Waals surface area contributed by atoms with Crippen molar-refractivity contribution in [3.8, 4) is 0 Å². The van der Waals surface area contributed by atoms with Crippen molar-refractivity contribution >= 4 is 17.4 Å². The number of aryl methyl sites for hydroxylation is 2. The highest BCUT2D eigenvalue weighted by molar-refractivity contribution is 7.09. The Morgan fingerprint density at radius 2 is 2.32 bits per heavy atom. The van der Waals surface area contributed by atoms with Gasteiger partial charge in [-0.15, -0.1) is 11.3 Å². The molecule has 120 valence electrons. The molecule has 0 radical (unpaired) electrons. The molecule has 2 rings (SSSR count). The molecular weight excluding hydrogens is 298 g/mol. The minimum Gasteiger partial charge on any atom is -0.330 e. The Labute approximate surface area is 135 Å². The molecule has 0 aliphatic heterocycles. The van der Waals surface area contributed by atoms with Gasteiger partial charge < -0.3 is 10.2 Å². The third-order valence-electron chi connectivity index (χ3n) is 3.79. The molecule has 6 nitrogen and oxygen atoms in total. The number of urea groups is 1. The lowest BCUT2D eigenvalue weighted by molar-refractivity contribution is 0.204. The number of amides is 2. The lowest BCUT2D eigenvalue weighted by Gasteiger charge is -2.23. The van der Waals surface area contributed by atoms with E-state index in [0.717, 1.165) is 24.2 Å². The van der Waals surface area contributed by atoms with Crippen LogP contribution in [0, 0.1) is 6.92 Å². The molecule has 2 aromatic rings. The van der Waals surface area contributed by atoms with Gasteiger partial charge >= 0.3 is 6.03 Å². The zero-order chi connectivity index (χ0) is 16.1.